The van der Waals surface area contributed by atoms with Crippen molar-refractivity contribution in [1.29, 1.82) is 5.26 Å². The van der Waals surface area contributed by atoms with E-state index in [1.165, 1.54) is 16.4 Å². The van der Waals surface area contributed by atoms with Crippen molar-refractivity contribution in [2.45, 2.75) is 18.7 Å². The second-order valence-electron chi connectivity index (χ2n) is 6.73. The average Bonchev–Trinajstić information content (AvgIpc) is 2.69. The van der Waals surface area contributed by atoms with Gasteiger partial charge in [-0.05, 0) is 43.2 Å². The zero-order valence-corrected chi connectivity index (χ0v) is 16.4. The lowest BCUT2D eigenvalue weighted by Gasteiger charge is -2.35. The molecule has 0 aliphatic carbocycles. The Bertz CT molecular complexity index is 1070. The summed E-state index contributed by atoms with van der Waals surface area (Å²) in [5.41, 5.74) is 2.02. The second kappa shape index (κ2) is 7.58. The van der Waals surface area contributed by atoms with Gasteiger partial charge in [-0.25, -0.2) is 8.42 Å². The summed E-state index contributed by atoms with van der Waals surface area (Å²) in [6.45, 7) is 4.73. The van der Waals surface area contributed by atoms with E-state index in [1.54, 1.807) is 30.0 Å². The number of piperazine rings is 1. The predicted octanol–water partition coefficient (Wildman–Crippen LogP) is 2.59. The van der Waals surface area contributed by atoms with Gasteiger partial charge in [0.1, 0.15) is 5.69 Å². The molecule has 0 atom stereocenters. The zero-order valence-electron chi connectivity index (χ0n) is 15.6. The van der Waals surface area contributed by atoms with Crippen LogP contribution in [0.3, 0.4) is 0 Å². The highest BCUT2D eigenvalue weighted by Crippen LogP contribution is 2.31. The molecule has 1 fully saturated rings. The molecule has 2 aromatic carbocycles. The minimum absolute atomic E-state index is 0.148. The molecule has 3 rings (SSSR count). The first-order valence-corrected chi connectivity index (χ1v) is 10.2. The Morgan fingerprint density at radius 1 is 1.07 bits per heavy atom. The molecule has 146 valence electrons. The van der Waals surface area contributed by atoms with Crippen LogP contribution >= 0.6 is 0 Å². The standard InChI is InChI=1S/C19H20N4O4S/c1-14-3-4-15(2)19(11-14)28(26,27)22-9-7-21(8-10-22)17-6-5-16(13-20)12-18(17)23(24)25/h3-6,11-12H,7-10H2,1-2H3. The van der Waals surface area contributed by atoms with Gasteiger partial charge in [0, 0.05) is 32.2 Å². The number of nitro groups is 1. The number of benzene rings is 2. The predicted molar refractivity (Wildman–Crippen MR) is 105 cm³/mol. The summed E-state index contributed by atoms with van der Waals surface area (Å²) in [5.74, 6) is 0. The topological polar surface area (TPSA) is 108 Å². The molecule has 0 spiro atoms. The molecule has 1 aliphatic heterocycles. The van der Waals surface area contributed by atoms with Crippen LogP contribution in [-0.2, 0) is 10.0 Å². The third kappa shape index (κ3) is 3.69. The normalized spacial score (nSPS) is 15.2. The number of nitro benzene ring substituents is 1. The summed E-state index contributed by atoms with van der Waals surface area (Å²) < 4.78 is 27.5. The zero-order chi connectivity index (χ0) is 20.5. The molecule has 0 aromatic heterocycles. The number of nitriles is 1. The number of nitrogens with zero attached hydrogens (tertiary/aromatic N) is 4. The molecular weight excluding hydrogens is 380 g/mol. The minimum Gasteiger partial charge on any atom is -0.363 e. The summed E-state index contributed by atoms with van der Waals surface area (Å²) in [7, 11) is -3.63. The van der Waals surface area contributed by atoms with Crippen LogP contribution < -0.4 is 4.90 Å². The van der Waals surface area contributed by atoms with Gasteiger partial charge in [-0.3, -0.25) is 10.1 Å². The summed E-state index contributed by atoms with van der Waals surface area (Å²) in [5, 5.41) is 20.3. The van der Waals surface area contributed by atoms with E-state index in [4.69, 9.17) is 5.26 Å². The van der Waals surface area contributed by atoms with Crippen molar-refractivity contribution in [3.63, 3.8) is 0 Å². The van der Waals surface area contributed by atoms with Gasteiger partial charge in [-0.2, -0.15) is 9.57 Å². The fraction of sp³-hybridized carbons (Fsp3) is 0.316. The van der Waals surface area contributed by atoms with E-state index in [-0.39, 0.29) is 24.3 Å². The molecule has 0 radical (unpaired) electrons. The average molecular weight is 400 g/mol. The van der Waals surface area contributed by atoms with Gasteiger partial charge >= 0.3 is 0 Å². The van der Waals surface area contributed by atoms with E-state index in [0.717, 1.165) is 5.56 Å². The van der Waals surface area contributed by atoms with Crippen LogP contribution in [0.4, 0.5) is 11.4 Å². The monoisotopic (exact) mass is 400 g/mol. The van der Waals surface area contributed by atoms with Gasteiger partial charge in [0.25, 0.3) is 5.69 Å². The first-order chi connectivity index (χ1) is 13.2. The number of hydrogen-bond donors (Lipinski definition) is 0. The van der Waals surface area contributed by atoms with Gasteiger partial charge < -0.3 is 4.90 Å². The molecule has 28 heavy (non-hydrogen) atoms. The van der Waals surface area contributed by atoms with Crippen LogP contribution in [0, 0.1) is 35.3 Å². The molecule has 2 aromatic rings. The quantitative estimate of drug-likeness (QED) is 0.577. The number of rotatable bonds is 4. The first kappa shape index (κ1) is 19.8. The number of aryl methyl sites for hydroxylation is 2. The molecular formula is C19H20N4O4S. The van der Waals surface area contributed by atoms with Crippen molar-refractivity contribution in [3.8, 4) is 6.07 Å². The summed E-state index contributed by atoms with van der Waals surface area (Å²) >= 11 is 0. The van der Waals surface area contributed by atoms with Crippen LogP contribution in [0.2, 0.25) is 0 Å². The molecule has 1 saturated heterocycles. The number of sulfonamides is 1. The van der Waals surface area contributed by atoms with Crippen molar-refractivity contribution >= 4 is 21.4 Å². The first-order valence-electron chi connectivity index (χ1n) is 8.75. The van der Waals surface area contributed by atoms with E-state index in [2.05, 4.69) is 0 Å². The van der Waals surface area contributed by atoms with Crippen molar-refractivity contribution < 1.29 is 13.3 Å². The lowest BCUT2D eigenvalue weighted by atomic mass is 10.1. The molecule has 9 heteroatoms. The summed E-state index contributed by atoms with van der Waals surface area (Å²) in [6, 6.07) is 11.5. The van der Waals surface area contributed by atoms with Crippen LogP contribution in [0.1, 0.15) is 16.7 Å². The Morgan fingerprint density at radius 3 is 2.36 bits per heavy atom. The highest BCUT2D eigenvalue weighted by molar-refractivity contribution is 7.89. The Kier molecular flexibility index (Phi) is 5.36. The number of anilines is 1. The van der Waals surface area contributed by atoms with Gasteiger partial charge in [-0.15, -0.1) is 0 Å². The summed E-state index contributed by atoms with van der Waals surface area (Å²) in [6.07, 6.45) is 0. The van der Waals surface area contributed by atoms with Gasteiger partial charge in [0.2, 0.25) is 10.0 Å². The van der Waals surface area contributed by atoms with Gasteiger partial charge in [0.05, 0.1) is 21.5 Å². The smallest absolute Gasteiger partial charge is 0.293 e. The summed E-state index contributed by atoms with van der Waals surface area (Å²) in [4.78, 5) is 12.9. The maximum absolute atomic E-state index is 13.0. The molecule has 0 N–H and O–H groups in total. The van der Waals surface area contributed by atoms with Crippen molar-refractivity contribution in [1.82, 2.24) is 4.31 Å². The van der Waals surface area contributed by atoms with Crippen LogP contribution in [0.5, 0.6) is 0 Å². The van der Waals surface area contributed by atoms with Crippen LogP contribution in [0.25, 0.3) is 0 Å². The Labute approximate surface area is 163 Å². The van der Waals surface area contributed by atoms with E-state index in [1.807, 2.05) is 19.1 Å². The maximum atomic E-state index is 13.0. The molecule has 8 nitrogen and oxygen atoms in total. The van der Waals surface area contributed by atoms with Crippen molar-refractivity contribution in [3.05, 3.63) is 63.2 Å². The van der Waals surface area contributed by atoms with Gasteiger partial charge in [-0.1, -0.05) is 12.1 Å². The Morgan fingerprint density at radius 2 is 1.75 bits per heavy atom. The third-order valence-corrected chi connectivity index (χ3v) is 6.88. The Hall–Kier alpha value is -2.96. The molecule has 0 amide bonds. The third-order valence-electron chi connectivity index (χ3n) is 4.84. The minimum atomic E-state index is -3.63. The lowest BCUT2D eigenvalue weighted by molar-refractivity contribution is -0.384. The highest BCUT2D eigenvalue weighted by atomic mass is 32.2. The Balaban J connectivity index is 1.83. The fourth-order valence-corrected chi connectivity index (χ4v) is 5.03. The van der Waals surface area contributed by atoms with E-state index in [0.29, 0.717) is 29.2 Å². The maximum Gasteiger partial charge on any atom is 0.293 e. The SMILES string of the molecule is Cc1ccc(C)c(S(=O)(=O)N2CCN(c3ccc(C#N)cc3[N+](=O)[O-])CC2)c1. The molecule has 0 bridgehead atoms. The van der Waals surface area contributed by atoms with Crippen molar-refractivity contribution in [2.75, 3.05) is 31.1 Å². The van der Waals surface area contributed by atoms with Gasteiger partial charge in [0.15, 0.2) is 0 Å². The van der Waals surface area contributed by atoms with Crippen LogP contribution in [-0.4, -0.2) is 43.8 Å². The molecule has 0 saturated carbocycles. The lowest BCUT2D eigenvalue weighted by Crippen LogP contribution is -2.48. The van der Waals surface area contributed by atoms with Crippen LogP contribution in [0.15, 0.2) is 41.3 Å². The van der Waals surface area contributed by atoms with Crippen molar-refractivity contribution in [2.24, 2.45) is 0 Å². The number of hydrogen-bond acceptors (Lipinski definition) is 6. The highest BCUT2D eigenvalue weighted by Gasteiger charge is 2.31. The fourth-order valence-electron chi connectivity index (χ4n) is 3.30. The molecule has 0 unspecified atom stereocenters. The second-order valence-corrected chi connectivity index (χ2v) is 8.64. The van der Waals surface area contributed by atoms with E-state index in [9.17, 15) is 18.5 Å². The largest absolute Gasteiger partial charge is 0.363 e. The molecule has 1 aliphatic rings. The molecule has 1 heterocycles. The van der Waals surface area contributed by atoms with E-state index >= 15 is 0 Å². The van der Waals surface area contributed by atoms with E-state index < -0.39 is 14.9 Å².